The molecule has 0 fully saturated rings. The van der Waals surface area contributed by atoms with Crippen molar-refractivity contribution in [2.75, 3.05) is 0 Å². The third-order valence-corrected chi connectivity index (χ3v) is 0.425. The first-order valence-electron chi connectivity index (χ1n) is 2.46. The van der Waals surface area contributed by atoms with E-state index in [2.05, 4.69) is 4.42 Å². The Labute approximate surface area is 62.9 Å². The van der Waals surface area contributed by atoms with Crippen molar-refractivity contribution in [3.8, 4) is 0 Å². The smallest absolute Gasteiger partial charge is 0.290 e. The first kappa shape index (κ1) is 12.0. The van der Waals surface area contributed by atoms with Gasteiger partial charge in [0, 0.05) is 0 Å². The molecule has 0 spiro atoms. The van der Waals surface area contributed by atoms with Gasteiger partial charge in [-0.3, -0.25) is 9.59 Å². The summed E-state index contributed by atoms with van der Waals surface area (Å²) < 4.78 is 4.58. The van der Waals surface area contributed by atoms with Crippen molar-refractivity contribution in [3.63, 3.8) is 0 Å². The number of furan rings is 1. The molecule has 0 atom stereocenters. The van der Waals surface area contributed by atoms with E-state index in [-0.39, 0.29) is 12.9 Å². The summed E-state index contributed by atoms with van der Waals surface area (Å²) in [6.07, 6.45) is 3.25. The van der Waals surface area contributed by atoms with Crippen LogP contribution in [0.5, 0.6) is 0 Å². The minimum atomic E-state index is -0.250. The minimum Gasteiger partial charge on any atom is -0.483 e. The predicted octanol–water partition coefficient (Wildman–Crippen LogP) is 0.681. The SMILES string of the molecule is O=CO.O=CO.c1ccoc1. The Bertz CT molecular complexity index is 123. The van der Waals surface area contributed by atoms with E-state index >= 15 is 0 Å². The fourth-order valence-corrected chi connectivity index (χ4v) is 0.227. The summed E-state index contributed by atoms with van der Waals surface area (Å²) >= 11 is 0. The molecule has 0 unspecified atom stereocenters. The maximum atomic E-state index is 8.36. The van der Waals surface area contributed by atoms with Gasteiger partial charge < -0.3 is 14.6 Å². The summed E-state index contributed by atoms with van der Waals surface area (Å²) in [5.41, 5.74) is 0. The highest BCUT2D eigenvalue weighted by Crippen LogP contribution is 1.79. The van der Waals surface area contributed by atoms with Crippen LogP contribution in [-0.2, 0) is 9.59 Å². The van der Waals surface area contributed by atoms with Crippen LogP contribution in [0.25, 0.3) is 0 Å². The predicted molar refractivity (Wildman–Crippen MR) is 36.1 cm³/mol. The lowest BCUT2D eigenvalue weighted by Gasteiger charge is -1.50. The highest BCUT2D eigenvalue weighted by Gasteiger charge is 1.58. The molecule has 0 bridgehead atoms. The maximum absolute atomic E-state index is 8.36. The number of carbonyl (C=O) groups is 2. The van der Waals surface area contributed by atoms with Crippen molar-refractivity contribution in [3.05, 3.63) is 24.7 Å². The van der Waals surface area contributed by atoms with Gasteiger partial charge in [-0.05, 0) is 12.1 Å². The Balaban J connectivity index is 0. The lowest BCUT2D eigenvalue weighted by molar-refractivity contribution is -0.123. The highest BCUT2D eigenvalue weighted by molar-refractivity contribution is 5.32. The number of rotatable bonds is 0. The van der Waals surface area contributed by atoms with Crippen molar-refractivity contribution >= 4 is 12.9 Å². The summed E-state index contributed by atoms with van der Waals surface area (Å²) in [6, 6.07) is 3.67. The van der Waals surface area contributed by atoms with Crippen molar-refractivity contribution < 1.29 is 24.2 Å². The Morgan fingerprint density at radius 2 is 1.27 bits per heavy atom. The van der Waals surface area contributed by atoms with Gasteiger partial charge in [0.05, 0.1) is 12.5 Å². The Morgan fingerprint density at radius 1 is 1.00 bits per heavy atom. The third kappa shape index (κ3) is 30.7. The zero-order valence-electron chi connectivity index (χ0n) is 5.58. The maximum Gasteiger partial charge on any atom is 0.290 e. The quantitative estimate of drug-likeness (QED) is 0.545. The van der Waals surface area contributed by atoms with E-state index in [1.165, 1.54) is 0 Å². The van der Waals surface area contributed by atoms with Crippen LogP contribution in [0.2, 0.25) is 0 Å². The standard InChI is InChI=1S/C4H4O.2CH2O2/c1-2-4-5-3-1;2*2-1-3/h1-4H;2*1H,(H,2,3). The molecule has 1 aromatic rings. The summed E-state index contributed by atoms with van der Waals surface area (Å²) in [4.78, 5) is 16.7. The summed E-state index contributed by atoms with van der Waals surface area (Å²) in [7, 11) is 0. The molecule has 62 valence electrons. The second kappa shape index (κ2) is 15.7. The van der Waals surface area contributed by atoms with E-state index in [1.54, 1.807) is 12.5 Å². The Hall–Kier alpha value is -1.78. The second-order valence-corrected chi connectivity index (χ2v) is 1.00. The number of hydrogen-bond donors (Lipinski definition) is 2. The second-order valence-electron chi connectivity index (χ2n) is 1.00. The zero-order chi connectivity index (χ0) is 8.95. The van der Waals surface area contributed by atoms with Gasteiger partial charge in [0.1, 0.15) is 0 Å². The molecule has 0 aliphatic heterocycles. The van der Waals surface area contributed by atoms with Crippen LogP contribution < -0.4 is 0 Å². The van der Waals surface area contributed by atoms with Gasteiger partial charge >= 0.3 is 0 Å². The highest BCUT2D eigenvalue weighted by atomic mass is 16.3. The molecule has 0 aliphatic carbocycles. The van der Waals surface area contributed by atoms with Crippen molar-refractivity contribution in [1.29, 1.82) is 0 Å². The van der Waals surface area contributed by atoms with Crippen LogP contribution in [0.4, 0.5) is 0 Å². The molecule has 1 aromatic heterocycles. The van der Waals surface area contributed by atoms with Gasteiger partial charge in [-0.2, -0.15) is 0 Å². The molecule has 11 heavy (non-hydrogen) atoms. The van der Waals surface area contributed by atoms with E-state index in [4.69, 9.17) is 19.8 Å². The molecule has 0 saturated carbocycles. The third-order valence-electron chi connectivity index (χ3n) is 0.425. The van der Waals surface area contributed by atoms with Crippen LogP contribution in [-0.4, -0.2) is 23.2 Å². The normalized spacial score (nSPS) is 5.82. The fraction of sp³-hybridized carbons (Fsp3) is 0. The zero-order valence-corrected chi connectivity index (χ0v) is 5.58. The molecular formula is C6H8O5. The number of carboxylic acid groups (broad SMARTS) is 2. The van der Waals surface area contributed by atoms with Gasteiger partial charge in [-0.15, -0.1) is 0 Å². The Kier molecular flexibility index (Phi) is 17.1. The van der Waals surface area contributed by atoms with Gasteiger partial charge in [0.2, 0.25) is 0 Å². The van der Waals surface area contributed by atoms with Crippen LogP contribution >= 0.6 is 0 Å². The molecule has 0 aromatic carbocycles. The molecule has 2 N–H and O–H groups in total. The van der Waals surface area contributed by atoms with Crippen molar-refractivity contribution in [2.45, 2.75) is 0 Å². The largest absolute Gasteiger partial charge is 0.483 e. The average Bonchev–Trinajstić information content (AvgIpc) is 2.44. The molecule has 1 heterocycles. The molecular weight excluding hydrogens is 152 g/mol. The van der Waals surface area contributed by atoms with Gasteiger partial charge in [-0.1, -0.05) is 0 Å². The first-order valence-corrected chi connectivity index (χ1v) is 2.46. The van der Waals surface area contributed by atoms with Crippen LogP contribution in [0.1, 0.15) is 0 Å². The van der Waals surface area contributed by atoms with Crippen LogP contribution in [0, 0.1) is 0 Å². The van der Waals surface area contributed by atoms with E-state index in [1.807, 2.05) is 12.1 Å². The summed E-state index contributed by atoms with van der Waals surface area (Å²) in [5.74, 6) is 0. The van der Waals surface area contributed by atoms with Crippen molar-refractivity contribution in [1.82, 2.24) is 0 Å². The van der Waals surface area contributed by atoms with E-state index < -0.39 is 0 Å². The molecule has 0 amide bonds. The molecule has 1 rings (SSSR count). The summed E-state index contributed by atoms with van der Waals surface area (Å²) in [6.45, 7) is -0.500. The Morgan fingerprint density at radius 3 is 1.36 bits per heavy atom. The molecule has 0 aliphatic rings. The van der Waals surface area contributed by atoms with Gasteiger partial charge in [-0.25, -0.2) is 0 Å². The van der Waals surface area contributed by atoms with Crippen molar-refractivity contribution in [2.24, 2.45) is 0 Å². The molecule has 5 heteroatoms. The van der Waals surface area contributed by atoms with Gasteiger partial charge in [0.15, 0.2) is 0 Å². The minimum absolute atomic E-state index is 0.250. The average molecular weight is 160 g/mol. The summed E-state index contributed by atoms with van der Waals surface area (Å²) in [5, 5.41) is 13.8. The molecule has 5 nitrogen and oxygen atoms in total. The topological polar surface area (TPSA) is 87.7 Å². The molecule has 0 saturated heterocycles. The monoisotopic (exact) mass is 160 g/mol. The van der Waals surface area contributed by atoms with Gasteiger partial charge in [0.25, 0.3) is 12.9 Å². The first-order chi connectivity index (χ1) is 5.33. The number of hydrogen-bond acceptors (Lipinski definition) is 3. The molecule has 0 radical (unpaired) electrons. The van der Waals surface area contributed by atoms with E-state index in [0.29, 0.717) is 0 Å². The van der Waals surface area contributed by atoms with E-state index in [9.17, 15) is 0 Å². The van der Waals surface area contributed by atoms with Crippen LogP contribution in [0.15, 0.2) is 29.1 Å². The lowest BCUT2D eigenvalue weighted by Crippen LogP contribution is -1.49. The fourth-order valence-electron chi connectivity index (χ4n) is 0.227. The van der Waals surface area contributed by atoms with Crippen LogP contribution in [0.3, 0.4) is 0 Å². The lowest BCUT2D eigenvalue weighted by atomic mass is 10.7. The van der Waals surface area contributed by atoms with E-state index in [0.717, 1.165) is 0 Å².